The Labute approximate surface area is 121 Å². The Bertz CT molecular complexity index is 447. The molecular formula is C13H17BrN2OS. The quantitative estimate of drug-likeness (QED) is 0.862. The molecule has 1 aliphatic rings. The van der Waals surface area contributed by atoms with Crippen molar-refractivity contribution in [2.45, 2.75) is 18.9 Å². The highest BCUT2D eigenvalue weighted by Crippen LogP contribution is 2.25. The molecule has 0 saturated carbocycles. The zero-order chi connectivity index (χ0) is 13.1. The summed E-state index contributed by atoms with van der Waals surface area (Å²) >= 11 is 8.55. The zero-order valence-corrected chi connectivity index (χ0v) is 12.8. The lowest BCUT2D eigenvalue weighted by atomic mass is 10.1. The van der Waals surface area contributed by atoms with Crippen LogP contribution in [0.3, 0.4) is 0 Å². The van der Waals surface area contributed by atoms with Crippen LogP contribution in [0.2, 0.25) is 0 Å². The molecule has 0 amide bonds. The van der Waals surface area contributed by atoms with Crippen LogP contribution in [0.25, 0.3) is 0 Å². The van der Waals surface area contributed by atoms with Gasteiger partial charge in [-0.2, -0.15) is 0 Å². The van der Waals surface area contributed by atoms with Gasteiger partial charge in [-0.25, -0.2) is 0 Å². The van der Waals surface area contributed by atoms with Crippen LogP contribution < -0.4 is 10.6 Å². The minimum Gasteiger partial charge on any atom is -0.389 e. The smallest absolute Gasteiger partial charge is 0.106 e. The van der Waals surface area contributed by atoms with Gasteiger partial charge < -0.3 is 15.4 Å². The van der Waals surface area contributed by atoms with E-state index in [2.05, 4.69) is 20.8 Å². The SMILES string of the molecule is CN(CC1CCCO1)c1ccc(Br)cc1C(N)=S. The number of hydrogen-bond acceptors (Lipinski definition) is 3. The first-order chi connectivity index (χ1) is 8.58. The number of nitrogens with two attached hydrogens (primary N) is 1. The van der Waals surface area contributed by atoms with Crippen molar-refractivity contribution in [1.82, 2.24) is 0 Å². The molecule has 1 fully saturated rings. The van der Waals surface area contributed by atoms with Crippen molar-refractivity contribution in [3.8, 4) is 0 Å². The summed E-state index contributed by atoms with van der Waals surface area (Å²) in [5.74, 6) is 0. The van der Waals surface area contributed by atoms with Crippen LogP contribution >= 0.6 is 28.1 Å². The zero-order valence-electron chi connectivity index (χ0n) is 10.4. The van der Waals surface area contributed by atoms with Crippen LogP contribution in [0.5, 0.6) is 0 Å². The van der Waals surface area contributed by atoms with Crippen LogP contribution in [0, 0.1) is 0 Å². The second kappa shape index (κ2) is 5.99. The van der Waals surface area contributed by atoms with Gasteiger partial charge in [-0.05, 0) is 31.0 Å². The monoisotopic (exact) mass is 328 g/mol. The molecule has 0 spiro atoms. The Hall–Kier alpha value is -0.650. The third kappa shape index (κ3) is 3.22. The first-order valence-corrected chi connectivity index (χ1v) is 7.20. The van der Waals surface area contributed by atoms with Gasteiger partial charge in [0.25, 0.3) is 0 Å². The van der Waals surface area contributed by atoms with Crippen LogP contribution in [-0.4, -0.2) is 31.3 Å². The van der Waals surface area contributed by atoms with Crippen LogP contribution in [-0.2, 0) is 4.74 Å². The standard InChI is InChI=1S/C13H17BrN2OS/c1-16(8-10-3-2-6-17-10)12-5-4-9(14)7-11(12)13(15)18/h4-5,7,10H,2-3,6,8H2,1H3,(H2,15,18). The maximum absolute atomic E-state index is 5.78. The van der Waals surface area contributed by atoms with E-state index in [9.17, 15) is 0 Å². The molecule has 5 heteroatoms. The number of hydrogen-bond donors (Lipinski definition) is 1. The number of rotatable bonds is 4. The Kier molecular flexibility index (Phi) is 4.59. The first kappa shape index (κ1) is 13.8. The number of benzene rings is 1. The molecule has 18 heavy (non-hydrogen) atoms. The molecule has 1 heterocycles. The van der Waals surface area contributed by atoms with Gasteiger partial charge in [-0.3, -0.25) is 0 Å². The molecule has 1 aliphatic heterocycles. The van der Waals surface area contributed by atoms with Crippen LogP contribution in [0.4, 0.5) is 5.69 Å². The number of ether oxygens (including phenoxy) is 1. The fraction of sp³-hybridized carbons (Fsp3) is 0.462. The molecule has 1 aromatic carbocycles. The van der Waals surface area contributed by atoms with E-state index in [1.54, 1.807) is 0 Å². The van der Waals surface area contributed by atoms with Gasteiger partial charge >= 0.3 is 0 Å². The number of halogens is 1. The Balaban J connectivity index is 2.17. The summed E-state index contributed by atoms with van der Waals surface area (Å²) in [7, 11) is 2.05. The molecule has 0 radical (unpaired) electrons. The summed E-state index contributed by atoms with van der Waals surface area (Å²) in [5.41, 5.74) is 7.74. The van der Waals surface area contributed by atoms with E-state index >= 15 is 0 Å². The van der Waals surface area contributed by atoms with Crippen molar-refractivity contribution in [2.75, 3.05) is 25.1 Å². The molecule has 0 aliphatic carbocycles. The maximum Gasteiger partial charge on any atom is 0.106 e. The fourth-order valence-electron chi connectivity index (χ4n) is 2.23. The minimum absolute atomic E-state index is 0.317. The molecule has 1 aromatic rings. The van der Waals surface area contributed by atoms with Gasteiger partial charge in [-0.15, -0.1) is 0 Å². The van der Waals surface area contributed by atoms with Crippen molar-refractivity contribution < 1.29 is 4.74 Å². The van der Waals surface area contributed by atoms with Gasteiger partial charge in [-0.1, -0.05) is 28.1 Å². The number of nitrogens with zero attached hydrogens (tertiary/aromatic N) is 1. The molecule has 3 nitrogen and oxygen atoms in total. The van der Waals surface area contributed by atoms with Crippen LogP contribution in [0.15, 0.2) is 22.7 Å². The Morgan fingerprint density at radius 1 is 1.61 bits per heavy atom. The number of thiocarbonyl (C=S) groups is 1. The lowest BCUT2D eigenvalue weighted by Gasteiger charge is -2.25. The largest absolute Gasteiger partial charge is 0.389 e. The first-order valence-electron chi connectivity index (χ1n) is 6.00. The highest BCUT2D eigenvalue weighted by molar-refractivity contribution is 9.10. The third-order valence-corrected chi connectivity index (χ3v) is 3.85. The third-order valence-electron chi connectivity index (χ3n) is 3.14. The normalized spacial score (nSPS) is 18.9. The molecule has 0 aromatic heterocycles. The molecular weight excluding hydrogens is 312 g/mol. The Morgan fingerprint density at radius 3 is 3.00 bits per heavy atom. The van der Waals surface area contributed by atoms with Gasteiger partial charge in [0.15, 0.2) is 0 Å². The minimum atomic E-state index is 0.317. The summed E-state index contributed by atoms with van der Waals surface area (Å²) in [6, 6.07) is 6.00. The van der Waals surface area contributed by atoms with Gasteiger partial charge in [0.05, 0.1) is 6.10 Å². The second-order valence-electron chi connectivity index (χ2n) is 4.54. The number of likely N-dealkylation sites (N-methyl/N-ethyl adjacent to an activating group) is 1. The number of anilines is 1. The second-order valence-corrected chi connectivity index (χ2v) is 5.90. The van der Waals surface area contributed by atoms with E-state index in [0.717, 1.165) is 41.7 Å². The maximum atomic E-state index is 5.78. The summed E-state index contributed by atoms with van der Waals surface area (Å²) in [5, 5.41) is 0. The molecule has 1 unspecified atom stereocenters. The van der Waals surface area contributed by atoms with Crippen LogP contribution in [0.1, 0.15) is 18.4 Å². The average Bonchev–Trinajstić information content (AvgIpc) is 2.81. The molecule has 1 atom stereocenters. The molecule has 98 valence electrons. The van der Waals surface area contributed by atoms with Crippen molar-refractivity contribution in [1.29, 1.82) is 0 Å². The van der Waals surface area contributed by atoms with Gasteiger partial charge in [0.2, 0.25) is 0 Å². The summed E-state index contributed by atoms with van der Waals surface area (Å²) < 4.78 is 6.64. The van der Waals surface area contributed by atoms with E-state index < -0.39 is 0 Å². The van der Waals surface area contributed by atoms with Crippen molar-refractivity contribution in [3.05, 3.63) is 28.2 Å². The van der Waals surface area contributed by atoms with Crippen molar-refractivity contribution in [3.63, 3.8) is 0 Å². The summed E-state index contributed by atoms with van der Waals surface area (Å²) in [6.07, 6.45) is 2.60. The highest BCUT2D eigenvalue weighted by Gasteiger charge is 2.19. The average molecular weight is 329 g/mol. The van der Waals surface area contributed by atoms with E-state index in [0.29, 0.717) is 11.1 Å². The highest BCUT2D eigenvalue weighted by atomic mass is 79.9. The summed E-state index contributed by atoms with van der Waals surface area (Å²) in [6.45, 7) is 1.75. The molecule has 1 saturated heterocycles. The summed E-state index contributed by atoms with van der Waals surface area (Å²) in [4.78, 5) is 2.59. The van der Waals surface area contributed by atoms with E-state index in [4.69, 9.17) is 22.7 Å². The van der Waals surface area contributed by atoms with E-state index in [1.165, 1.54) is 0 Å². The lowest BCUT2D eigenvalue weighted by molar-refractivity contribution is 0.116. The fourth-order valence-corrected chi connectivity index (χ4v) is 2.76. The van der Waals surface area contributed by atoms with E-state index in [1.807, 2.05) is 25.2 Å². The predicted octanol–water partition coefficient (Wildman–Crippen LogP) is 2.70. The van der Waals surface area contributed by atoms with E-state index in [-0.39, 0.29) is 0 Å². The molecule has 2 N–H and O–H groups in total. The molecule has 2 rings (SSSR count). The predicted molar refractivity (Wildman–Crippen MR) is 82.3 cm³/mol. The van der Waals surface area contributed by atoms with Gasteiger partial charge in [0.1, 0.15) is 4.99 Å². The van der Waals surface area contributed by atoms with Gasteiger partial charge in [0, 0.05) is 35.9 Å². The lowest BCUT2D eigenvalue weighted by Crippen LogP contribution is -2.30. The van der Waals surface area contributed by atoms with Crippen molar-refractivity contribution >= 4 is 38.8 Å². The van der Waals surface area contributed by atoms with Crippen molar-refractivity contribution in [2.24, 2.45) is 5.73 Å². The molecule has 0 bridgehead atoms. The topological polar surface area (TPSA) is 38.5 Å². The Morgan fingerprint density at radius 2 is 2.39 bits per heavy atom.